The van der Waals surface area contributed by atoms with Crippen LogP contribution in [0.4, 0.5) is 5.13 Å². The Morgan fingerprint density at radius 1 is 1.36 bits per heavy atom. The molecule has 1 aliphatic rings. The van der Waals surface area contributed by atoms with E-state index in [0.717, 1.165) is 42.9 Å². The maximum Gasteiger partial charge on any atom is 0.208 e. The van der Waals surface area contributed by atoms with E-state index in [4.69, 9.17) is 10.5 Å². The van der Waals surface area contributed by atoms with Crippen molar-refractivity contribution in [3.63, 3.8) is 0 Å². The van der Waals surface area contributed by atoms with Crippen LogP contribution in [0.5, 0.6) is 0 Å². The largest absolute Gasteiger partial charge is 0.378 e. The van der Waals surface area contributed by atoms with Crippen LogP contribution in [0.1, 0.15) is 5.01 Å². The molecule has 1 aliphatic heterocycles. The standard InChI is InChI=1S/C8H14N4OS/c9-2-1-7-10-11-8(14-7)12-3-5-13-6-4-12/h1-6,9H2. The van der Waals surface area contributed by atoms with Gasteiger partial charge >= 0.3 is 0 Å². The van der Waals surface area contributed by atoms with Crippen LogP contribution in [0.25, 0.3) is 0 Å². The lowest BCUT2D eigenvalue weighted by Gasteiger charge is -2.25. The topological polar surface area (TPSA) is 64.3 Å². The van der Waals surface area contributed by atoms with Gasteiger partial charge in [0.15, 0.2) is 0 Å². The highest BCUT2D eigenvalue weighted by atomic mass is 32.1. The average Bonchev–Trinajstić information content (AvgIpc) is 2.68. The summed E-state index contributed by atoms with van der Waals surface area (Å²) < 4.78 is 5.27. The second-order valence-corrected chi connectivity index (χ2v) is 4.16. The third kappa shape index (κ3) is 2.20. The monoisotopic (exact) mass is 214 g/mol. The summed E-state index contributed by atoms with van der Waals surface area (Å²) in [5, 5.41) is 10.2. The first-order valence-electron chi connectivity index (χ1n) is 4.75. The smallest absolute Gasteiger partial charge is 0.208 e. The Morgan fingerprint density at radius 3 is 2.86 bits per heavy atom. The lowest BCUT2D eigenvalue weighted by molar-refractivity contribution is 0.122. The fourth-order valence-electron chi connectivity index (χ4n) is 1.35. The van der Waals surface area contributed by atoms with Gasteiger partial charge in [-0.2, -0.15) is 0 Å². The van der Waals surface area contributed by atoms with Crippen molar-refractivity contribution in [2.24, 2.45) is 5.73 Å². The molecule has 2 N–H and O–H groups in total. The molecule has 0 unspecified atom stereocenters. The van der Waals surface area contributed by atoms with Gasteiger partial charge in [0.2, 0.25) is 5.13 Å². The number of nitrogens with two attached hydrogens (primary N) is 1. The third-order valence-electron chi connectivity index (χ3n) is 2.10. The van der Waals surface area contributed by atoms with Gasteiger partial charge in [-0.15, -0.1) is 10.2 Å². The van der Waals surface area contributed by atoms with Gasteiger partial charge in [-0.25, -0.2) is 0 Å². The van der Waals surface area contributed by atoms with Gasteiger partial charge in [0, 0.05) is 19.5 Å². The number of anilines is 1. The lowest BCUT2D eigenvalue weighted by Crippen LogP contribution is -2.36. The molecule has 0 amide bonds. The number of nitrogens with zero attached hydrogens (tertiary/aromatic N) is 3. The molecule has 6 heteroatoms. The summed E-state index contributed by atoms with van der Waals surface area (Å²) in [6.07, 6.45) is 0.821. The van der Waals surface area contributed by atoms with E-state index in [1.807, 2.05) is 0 Å². The number of ether oxygens (including phenoxy) is 1. The molecule has 78 valence electrons. The number of morpholine rings is 1. The van der Waals surface area contributed by atoms with Crippen molar-refractivity contribution < 1.29 is 4.74 Å². The van der Waals surface area contributed by atoms with Gasteiger partial charge in [-0.1, -0.05) is 11.3 Å². The SMILES string of the molecule is NCCc1nnc(N2CCOCC2)s1. The molecule has 0 atom stereocenters. The second kappa shape index (κ2) is 4.68. The van der Waals surface area contributed by atoms with E-state index in [1.165, 1.54) is 0 Å². The molecule has 0 bridgehead atoms. The predicted molar refractivity (Wildman–Crippen MR) is 55.7 cm³/mol. The molecule has 1 fully saturated rings. The minimum atomic E-state index is 0.637. The van der Waals surface area contributed by atoms with Crippen LogP contribution in [-0.2, 0) is 11.2 Å². The summed E-state index contributed by atoms with van der Waals surface area (Å²) in [5.74, 6) is 0. The molecule has 1 aromatic heterocycles. The molecular formula is C8H14N4OS. The minimum Gasteiger partial charge on any atom is -0.378 e. The maximum atomic E-state index is 5.45. The van der Waals surface area contributed by atoms with Crippen LogP contribution in [-0.4, -0.2) is 43.0 Å². The van der Waals surface area contributed by atoms with E-state index in [-0.39, 0.29) is 0 Å². The van der Waals surface area contributed by atoms with Crippen LogP contribution in [0, 0.1) is 0 Å². The zero-order chi connectivity index (χ0) is 9.80. The van der Waals surface area contributed by atoms with E-state index in [0.29, 0.717) is 6.54 Å². The van der Waals surface area contributed by atoms with Crippen LogP contribution in [0.2, 0.25) is 0 Å². The molecule has 0 aliphatic carbocycles. The molecule has 0 radical (unpaired) electrons. The highest BCUT2D eigenvalue weighted by Crippen LogP contribution is 2.20. The molecular weight excluding hydrogens is 200 g/mol. The summed E-state index contributed by atoms with van der Waals surface area (Å²) in [6, 6.07) is 0. The van der Waals surface area contributed by atoms with Crippen molar-refractivity contribution in [2.45, 2.75) is 6.42 Å². The van der Waals surface area contributed by atoms with Crippen LogP contribution in [0.3, 0.4) is 0 Å². The van der Waals surface area contributed by atoms with Gasteiger partial charge in [-0.05, 0) is 6.54 Å². The number of hydrogen-bond acceptors (Lipinski definition) is 6. The molecule has 0 spiro atoms. The number of hydrogen-bond donors (Lipinski definition) is 1. The first-order valence-corrected chi connectivity index (χ1v) is 5.57. The minimum absolute atomic E-state index is 0.637. The zero-order valence-corrected chi connectivity index (χ0v) is 8.79. The Kier molecular flexibility index (Phi) is 3.28. The fourth-order valence-corrected chi connectivity index (χ4v) is 2.26. The fraction of sp³-hybridized carbons (Fsp3) is 0.750. The molecule has 1 aromatic rings. The highest BCUT2D eigenvalue weighted by Gasteiger charge is 2.15. The Balaban J connectivity index is 2.00. The summed E-state index contributed by atoms with van der Waals surface area (Å²) in [6.45, 7) is 4.03. The first-order chi connectivity index (χ1) is 6.90. The van der Waals surface area contributed by atoms with Gasteiger partial charge in [0.1, 0.15) is 5.01 Å². The quantitative estimate of drug-likeness (QED) is 0.759. The average molecular weight is 214 g/mol. The van der Waals surface area contributed by atoms with E-state index < -0.39 is 0 Å². The van der Waals surface area contributed by atoms with Crippen molar-refractivity contribution in [3.05, 3.63) is 5.01 Å². The Bertz CT molecular complexity index is 285. The Labute approximate surface area is 86.9 Å². The molecule has 0 aromatic carbocycles. The zero-order valence-electron chi connectivity index (χ0n) is 7.98. The van der Waals surface area contributed by atoms with Crippen molar-refractivity contribution in [2.75, 3.05) is 37.7 Å². The third-order valence-corrected chi connectivity index (χ3v) is 3.14. The lowest BCUT2D eigenvalue weighted by atomic mass is 10.5. The summed E-state index contributed by atoms with van der Waals surface area (Å²) in [5.41, 5.74) is 5.45. The van der Waals surface area contributed by atoms with Crippen LogP contribution in [0.15, 0.2) is 0 Å². The van der Waals surface area contributed by atoms with Crippen molar-refractivity contribution in [3.8, 4) is 0 Å². The molecule has 5 nitrogen and oxygen atoms in total. The van der Waals surface area contributed by atoms with Gasteiger partial charge in [0.25, 0.3) is 0 Å². The summed E-state index contributed by atoms with van der Waals surface area (Å²) >= 11 is 1.63. The van der Waals surface area contributed by atoms with Crippen molar-refractivity contribution >= 4 is 16.5 Å². The predicted octanol–water partition coefficient (Wildman–Crippen LogP) is -0.124. The van der Waals surface area contributed by atoms with Crippen LogP contribution < -0.4 is 10.6 Å². The maximum absolute atomic E-state index is 5.45. The molecule has 2 rings (SSSR count). The van der Waals surface area contributed by atoms with Gasteiger partial charge < -0.3 is 15.4 Å². The Morgan fingerprint density at radius 2 is 2.14 bits per heavy atom. The Hall–Kier alpha value is -0.720. The molecule has 1 saturated heterocycles. The normalized spacial score (nSPS) is 17.4. The van der Waals surface area contributed by atoms with Gasteiger partial charge in [-0.3, -0.25) is 0 Å². The molecule has 2 heterocycles. The highest BCUT2D eigenvalue weighted by molar-refractivity contribution is 7.15. The van der Waals surface area contributed by atoms with E-state index >= 15 is 0 Å². The van der Waals surface area contributed by atoms with Crippen molar-refractivity contribution in [1.82, 2.24) is 10.2 Å². The molecule has 14 heavy (non-hydrogen) atoms. The van der Waals surface area contributed by atoms with E-state index in [2.05, 4.69) is 15.1 Å². The number of aromatic nitrogens is 2. The van der Waals surface area contributed by atoms with Gasteiger partial charge in [0.05, 0.1) is 13.2 Å². The van der Waals surface area contributed by atoms with E-state index in [9.17, 15) is 0 Å². The summed E-state index contributed by atoms with van der Waals surface area (Å²) in [4.78, 5) is 2.21. The van der Waals surface area contributed by atoms with E-state index in [1.54, 1.807) is 11.3 Å². The first kappa shape index (κ1) is 9.82. The van der Waals surface area contributed by atoms with Crippen LogP contribution >= 0.6 is 11.3 Å². The number of rotatable bonds is 3. The summed E-state index contributed by atoms with van der Waals surface area (Å²) in [7, 11) is 0. The second-order valence-electron chi connectivity index (χ2n) is 3.12. The van der Waals surface area contributed by atoms with Crippen molar-refractivity contribution in [1.29, 1.82) is 0 Å². The molecule has 0 saturated carbocycles.